The number of ether oxygens (including phenoxy) is 3. The molecule has 0 unspecified atom stereocenters. The average Bonchev–Trinajstić information content (AvgIpc) is 3.22. The SMILES string of the molecule is COC(=O)c1ccccc1NC(=O)c1cc(N2CCC3(CC2)OCCO3)ccn1. The van der Waals surface area contributed by atoms with Crippen LogP contribution in [-0.2, 0) is 14.2 Å². The summed E-state index contributed by atoms with van der Waals surface area (Å²) in [6.45, 7) is 2.84. The lowest BCUT2D eigenvalue weighted by Crippen LogP contribution is -2.45. The highest BCUT2D eigenvalue weighted by molar-refractivity contribution is 6.07. The van der Waals surface area contributed by atoms with Gasteiger partial charge in [0.05, 0.1) is 31.6 Å². The Morgan fingerprint density at radius 3 is 2.59 bits per heavy atom. The normalized spacial score (nSPS) is 17.9. The Hall–Kier alpha value is -2.97. The summed E-state index contributed by atoms with van der Waals surface area (Å²) in [5.74, 6) is -1.35. The van der Waals surface area contributed by atoms with Gasteiger partial charge in [0.25, 0.3) is 5.91 Å². The fourth-order valence-electron chi connectivity index (χ4n) is 3.70. The highest BCUT2D eigenvalue weighted by Crippen LogP contribution is 2.33. The number of methoxy groups -OCH3 is 1. The number of anilines is 2. The molecular weight excluding hydrogens is 374 g/mol. The second kappa shape index (κ2) is 8.18. The van der Waals surface area contributed by atoms with Gasteiger partial charge in [0.1, 0.15) is 5.69 Å². The van der Waals surface area contributed by atoms with Gasteiger partial charge < -0.3 is 24.4 Å². The number of carbonyl (C=O) groups is 2. The summed E-state index contributed by atoms with van der Waals surface area (Å²) in [6.07, 6.45) is 3.18. The number of hydrogen-bond donors (Lipinski definition) is 1. The Bertz CT molecular complexity index is 901. The van der Waals surface area contributed by atoms with Gasteiger partial charge in [-0.25, -0.2) is 4.79 Å². The van der Waals surface area contributed by atoms with Crippen LogP contribution < -0.4 is 10.2 Å². The van der Waals surface area contributed by atoms with E-state index in [9.17, 15) is 9.59 Å². The fraction of sp³-hybridized carbons (Fsp3) is 0.381. The maximum atomic E-state index is 12.7. The van der Waals surface area contributed by atoms with E-state index in [1.54, 1.807) is 36.5 Å². The number of nitrogens with zero attached hydrogens (tertiary/aromatic N) is 2. The van der Waals surface area contributed by atoms with Crippen molar-refractivity contribution in [3.63, 3.8) is 0 Å². The molecule has 2 aromatic rings. The zero-order valence-corrected chi connectivity index (χ0v) is 16.2. The van der Waals surface area contributed by atoms with Crippen LogP contribution in [0.15, 0.2) is 42.6 Å². The van der Waals surface area contributed by atoms with Crippen LogP contribution in [0.25, 0.3) is 0 Å². The van der Waals surface area contributed by atoms with Crippen molar-refractivity contribution in [3.05, 3.63) is 53.9 Å². The third-order valence-corrected chi connectivity index (χ3v) is 5.26. The predicted molar refractivity (Wildman–Crippen MR) is 106 cm³/mol. The number of para-hydroxylation sites is 1. The van der Waals surface area contributed by atoms with Crippen molar-refractivity contribution >= 4 is 23.3 Å². The summed E-state index contributed by atoms with van der Waals surface area (Å²) < 4.78 is 16.3. The number of aromatic nitrogens is 1. The zero-order valence-electron chi connectivity index (χ0n) is 16.2. The lowest BCUT2D eigenvalue weighted by molar-refractivity contribution is -0.169. The minimum Gasteiger partial charge on any atom is -0.465 e. The number of amides is 1. The van der Waals surface area contributed by atoms with Gasteiger partial charge in [-0.3, -0.25) is 9.78 Å². The van der Waals surface area contributed by atoms with Crippen LogP contribution in [0.2, 0.25) is 0 Å². The van der Waals surface area contributed by atoms with Crippen molar-refractivity contribution in [2.75, 3.05) is 43.6 Å². The Morgan fingerprint density at radius 2 is 1.86 bits per heavy atom. The molecule has 3 heterocycles. The summed E-state index contributed by atoms with van der Waals surface area (Å²) in [5, 5.41) is 2.75. The highest BCUT2D eigenvalue weighted by atomic mass is 16.7. The van der Waals surface area contributed by atoms with Crippen LogP contribution in [0, 0.1) is 0 Å². The second-order valence-electron chi connectivity index (χ2n) is 6.99. The first-order valence-electron chi connectivity index (χ1n) is 9.58. The van der Waals surface area contributed by atoms with E-state index < -0.39 is 11.8 Å². The molecule has 1 aromatic heterocycles. The molecule has 0 aliphatic carbocycles. The molecular formula is C21H23N3O5. The molecule has 8 heteroatoms. The number of nitrogens with one attached hydrogen (secondary N) is 1. The molecule has 152 valence electrons. The molecule has 1 aromatic carbocycles. The van der Waals surface area contributed by atoms with Gasteiger partial charge in [-0.1, -0.05) is 12.1 Å². The van der Waals surface area contributed by atoms with Crippen LogP contribution in [-0.4, -0.2) is 56.1 Å². The minimum atomic E-state index is -0.513. The third-order valence-electron chi connectivity index (χ3n) is 5.26. The van der Waals surface area contributed by atoms with Gasteiger partial charge in [0, 0.05) is 37.8 Å². The predicted octanol–water partition coefficient (Wildman–Crippen LogP) is 2.46. The van der Waals surface area contributed by atoms with Gasteiger partial charge in [-0.15, -0.1) is 0 Å². The molecule has 0 saturated carbocycles. The van der Waals surface area contributed by atoms with Crippen LogP contribution >= 0.6 is 0 Å². The quantitative estimate of drug-likeness (QED) is 0.793. The minimum absolute atomic E-state index is 0.274. The average molecular weight is 397 g/mol. The van der Waals surface area contributed by atoms with Gasteiger partial charge >= 0.3 is 5.97 Å². The number of hydrogen-bond acceptors (Lipinski definition) is 7. The molecule has 2 fully saturated rings. The molecule has 0 atom stereocenters. The van der Waals surface area contributed by atoms with E-state index in [4.69, 9.17) is 14.2 Å². The molecule has 8 nitrogen and oxygen atoms in total. The first-order valence-corrected chi connectivity index (χ1v) is 9.58. The Labute approximate surface area is 168 Å². The van der Waals surface area contributed by atoms with Crippen LogP contribution in [0.3, 0.4) is 0 Å². The maximum Gasteiger partial charge on any atom is 0.339 e. The van der Waals surface area contributed by atoms with E-state index in [1.807, 2.05) is 6.07 Å². The maximum absolute atomic E-state index is 12.7. The molecule has 4 rings (SSSR count). The summed E-state index contributed by atoms with van der Waals surface area (Å²) in [5.41, 5.74) is 1.86. The van der Waals surface area contributed by atoms with Crippen molar-refractivity contribution in [2.24, 2.45) is 0 Å². The number of esters is 1. The van der Waals surface area contributed by atoms with Crippen molar-refractivity contribution in [3.8, 4) is 0 Å². The standard InChI is InChI=1S/C21H23N3O5/c1-27-20(26)16-4-2-3-5-17(16)23-19(25)18-14-15(6-9-22-18)24-10-7-21(8-11-24)28-12-13-29-21/h2-6,9,14H,7-8,10-13H2,1H3,(H,23,25). The van der Waals surface area contributed by atoms with Crippen molar-refractivity contribution in [1.82, 2.24) is 4.98 Å². The second-order valence-corrected chi connectivity index (χ2v) is 6.99. The summed E-state index contributed by atoms with van der Waals surface area (Å²) in [4.78, 5) is 31.0. The van der Waals surface area contributed by atoms with Crippen LogP contribution in [0.1, 0.15) is 33.7 Å². The first kappa shape index (κ1) is 19.4. The third kappa shape index (κ3) is 4.08. The summed E-state index contributed by atoms with van der Waals surface area (Å²) >= 11 is 0. The molecule has 1 amide bonds. The Balaban J connectivity index is 1.47. The first-order chi connectivity index (χ1) is 14.1. The smallest absolute Gasteiger partial charge is 0.339 e. The molecule has 2 saturated heterocycles. The van der Waals surface area contributed by atoms with E-state index in [0.29, 0.717) is 18.9 Å². The molecule has 1 spiro atoms. The summed E-state index contributed by atoms with van der Waals surface area (Å²) in [6, 6.07) is 10.3. The lowest BCUT2D eigenvalue weighted by Gasteiger charge is -2.38. The number of rotatable bonds is 4. The van der Waals surface area contributed by atoms with Crippen molar-refractivity contribution in [2.45, 2.75) is 18.6 Å². The molecule has 29 heavy (non-hydrogen) atoms. The molecule has 0 radical (unpaired) electrons. The van der Waals surface area contributed by atoms with Gasteiger partial charge in [0.2, 0.25) is 0 Å². The molecule has 0 bridgehead atoms. The molecule has 2 aliphatic rings. The van der Waals surface area contributed by atoms with E-state index in [0.717, 1.165) is 31.6 Å². The Morgan fingerprint density at radius 1 is 1.14 bits per heavy atom. The summed E-state index contributed by atoms with van der Waals surface area (Å²) in [7, 11) is 1.30. The van der Waals surface area contributed by atoms with Crippen molar-refractivity contribution in [1.29, 1.82) is 0 Å². The fourth-order valence-corrected chi connectivity index (χ4v) is 3.70. The van der Waals surface area contributed by atoms with Gasteiger partial charge in [0.15, 0.2) is 5.79 Å². The van der Waals surface area contributed by atoms with Crippen LogP contribution in [0.5, 0.6) is 0 Å². The number of piperidine rings is 1. The topological polar surface area (TPSA) is 90.0 Å². The van der Waals surface area contributed by atoms with Gasteiger partial charge in [-0.2, -0.15) is 0 Å². The lowest BCUT2D eigenvalue weighted by atomic mass is 10.0. The van der Waals surface area contributed by atoms with Gasteiger partial charge in [-0.05, 0) is 24.3 Å². The van der Waals surface area contributed by atoms with E-state index in [-0.39, 0.29) is 17.2 Å². The monoisotopic (exact) mass is 397 g/mol. The number of carbonyl (C=O) groups excluding carboxylic acids is 2. The number of pyridine rings is 1. The molecule has 2 aliphatic heterocycles. The van der Waals surface area contributed by atoms with E-state index in [1.165, 1.54) is 7.11 Å². The van der Waals surface area contributed by atoms with Crippen molar-refractivity contribution < 1.29 is 23.8 Å². The zero-order chi connectivity index (χ0) is 20.3. The largest absolute Gasteiger partial charge is 0.465 e. The van der Waals surface area contributed by atoms with Crippen LogP contribution in [0.4, 0.5) is 11.4 Å². The Kier molecular flexibility index (Phi) is 5.46. The number of benzene rings is 1. The highest BCUT2D eigenvalue weighted by Gasteiger charge is 2.39. The molecule has 1 N–H and O–H groups in total. The van der Waals surface area contributed by atoms with E-state index >= 15 is 0 Å². The van der Waals surface area contributed by atoms with E-state index in [2.05, 4.69) is 15.2 Å².